The minimum absolute atomic E-state index is 0.267. The Morgan fingerprint density at radius 1 is 1.27 bits per heavy atom. The van der Waals surface area contributed by atoms with Gasteiger partial charge in [0.1, 0.15) is 0 Å². The maximum atomic E-state index is 8.78. The molecule has 1 aliphatic carbocycles. The van der Waals surface area contributed by atoms with Crippen molar-refractivity contribution in [3.05, 3.63) is 0 Å². The Morgan fingerprint density at radius 3 is 2.18 bits per heavy atom. The van der Waals surface area contributed by atoms with E-state index in [4.69, 9.17) is 10.8 Å². The van der Waals surface area contributed by atoms with Gasteiger partial charge in [0, 0.05) is 12.6 Å². The van der Waals surface area contributed by atoms with Crippen molar-refractivity contribution in [3.8, 4) is 0 Å². The summed E-state index contributed by atoms with van der Waals surface area (Å²) in [5, 5.41) is 8.78. The molecule has 0 unspecified atom stereocenters. The van der Waals surface area contributed by atoms with E-state index in [1.54, 1.807) is 0 Å². The molecule has 3 N–H and O–H groups in total. The van der Waals surface area contributed by atoms with Crippen LogP contribution in [0.5, 0.6) is 0 Å². The fraction of sp³-hybridized carbons (Fsp3) is 1.00. The van der Waals surface area contributed by atoms with E-state index in [-0.39, 0.29) is 12.6 Å². The van der Waals surface area contributed by atoms with E-state index >= 15 is 0 Å². The van der Waals surface area contributed by atoms with Crippen molar-refractivity contribution in [1.82, 2.24) is 0 Å². The maximum Gasteiger partial charge on any atom is 0.0474 e. The fourth-order valence-corrected chi connectivity index (χ4v) is 1.46. The van der Waals surface area contributed by atoms with Crippen molar-refractivity contribution in [2.24, 2.45) is 11.7 Å². The van der Waals surface area contributed by atoms with Gasteiger partial charge in [-0.3, -0.25) is 0 Å². The second-order valence-corrected chi connectivity index (χ2v) is 2.89. The van der Waals surface area contributed by atoms with Crippen molar-refractivity contribution < 1.29 is 5.11 Å². The van der Waals surface area contributed by atoms with Crippen molar-refractivity contribution in [2.45, 2.75) is 45.6 Å². The average molecular weight is 159 g/mol. The highest BCUT2D eigenvalue weighted by atomic mass is 16.3. The Hall–Kier alpha value is -0.0800. The van der Waals surface area contributed by atoms with Gasteiger partial charge in [-0.05, 0) is 18.8 Å². The van der Waals surface area contributed by atoms with Crippen LogP contribution < -0.4 is 5.73 Å². The van der Waals surface area contributed by atoms with E-state index < -0.39 is 0 Å². The summed E-state index contributed by atoms with van der Waals surface area (Å²) < 4.78 is 0. The smallest absolute Gasteiger partial charge is 0.0474 e. The number of aliphatic hydroxyl groups is 1. The van der Waals surface area contributed by atoms with Gasteiger partial charge in [0.2, 0.25) is 0 Å². The van der Waals surface area contributed by atoms with Crippen LogP contribution in [-0.4, -0.2) is 17.8 Å². The summed E-state index contributed by atoms with van der Waals surface area (Å²) in [4.78, 5) is 0. The van der Waals surface area contributed by atoms with Crippen molar-refractivity contribution in [3.63, 3.8) is 0 Å². The lowest BCUT2D eigenvalue weighted by atomic mass is 9.86. The van der Waals surface area contributed by atoms with E-state index in [1.165, 1.54) is 12.8 Å². The van der Waals surface area contributed by atoms with Crippen LogP contribution in [0.25, 0.3) is 0 Å². The van der Waals surface area contributed by atoms with Crippen LogP contribution in [0, 0.1) is 5.92 Å². The van der Waals surface area contributed by atoms with E-state index in [1.807, 2.05) is 13.8 Å². The fourth-order valence-electron chi connectivity index (χ4n) is 1.46. The van der Waals surface area contributed by atoms with Crippen LogP contribution in [0.1, 0.15) is 39.5 Å². The Kier molecular flexibility index (Phi) is 6.57. The van der Waals surface area contributed by atoms with Crippen LogP contribution in [0.3, 0.4) is 0 Å². The van der Waals surface area contributed by atoms with Crippen LogP contribution in [0.2, 0.25) is 0 Å². The van der Waals surface area contributed by atoms with Crippen LogP contribution in [0.4, 0.5) is 0 Å². The summed E-state index contributed by atoms with van der Waals surface area (Å²) in [5.41, 5.74) is 5.73. The molecule has 0 aliphatic heterocycles. The molecular weight excluding hydrogens is 138 g/mol. The largest absolute Gasteiger partial charge is 0.396 e. The van der Waals surface area contributed by atoms with Crippen LogP contribution in [-0.2, 0) is 0 Å². The third-order valence-corrected chi connectivity index (χ3v) is 2.20. The molecule has 0 saturated heterocycles. The van der Waals surface area contributed by atoms with Crippen LogP contribution in [0.15, 0.2) is 0 Å². The zero-order valence-electron chi connectivity index (χ0n) is 7.71. The third kappa shape index (κ3) is 3.73. The first-order chi connectivity index (χ1) is 5.34. The lowest BCUT2D eigenvalue weighted by Crippen LogP contribution is -2.34. The zero-order chi connectivity index (χ0) is 8.69. The number of rotatable bonds is 1. The molecule has 1 aliphatic rings. The van der Waals surface area contributed by atoms with Gasteiger partial charge in [-0.1, -0.05) is 26.7 Å². The van der Waals surface area contributed by atoms with Gasteiger partial charge in [0.25, 0.3) is 0 Å². The Morgan fingerprint density at radius 2 is 1.82 bits per heavy atom. The maximum absolute atomic E-state index is 8.78. The second kappa shape index (κ2) is 6.62. The SMILES string of the molecule is CC.N[C@H]1CCCC[C@@H]1CO. The van der Waals surface area contributed by atoms with Gasteiger partial charge in [-0.25, -0.2) is 0 Å². The summed E-state index contributed by atoms with van der Waals surface area (Å²) in [5.74, 6) is 0.388. The van der Waals surface area contributed by atoms with E-state index in [0.29, 0.717) is 5.92 Å². The van der Waals surface area contributed by atoms with Crippen molar-refractivity contribution >= 4 is 0 Å². The molecule has 2 nitrogen and oxygen atoms in total. The molecule has 0 amide bonds. The first-order valence-electron chi connectivity index (χ1n) is 4.71. The minimum Gasteiger partial charge on any atom is -0.396 e. The summed E-state index contributed by atoms with van der Waals surface area (Å²) in [6, 6.07) is 0.267. The molecule has 1 fully saturated rings. The number of hydrogen-bond acceptors (Lipinski definition) is 2. The molecule has 1 saturated carbocycles. The standard InChI is InChI=1S/C7H15NO.C2H6/c8-7-4-2-1-3-6(7)5-9;1-2/h6-7,9H,1-5,8H2;1-2H3/t6-,7+;/m1./s1. The van der Waals surface area contributed by atoms with Gasteiger partial charge in [-0.2, -0.15) is 0 Å². The van der Waals surface area contributed by atoms with E-state index in [9.17, 15) is 0 Å². The summed E-state index contributed by atoms with van der Waals surface area (Å²) in [6.45, 7) is 4.28. The highest BCUT2D eigenvalue weighted by Crippen LogP contribution is 2.21. The molecule has 0 aromatic rings. The molecule has 0 aromatic carbocycles. The highest BCUT2D eigenvalue weighted by molar-refractivity contribution is 4.76. The molecule has 0 heterocycles. The van der Waals surface area contributed by atoms with Crippen LogP contribution >= 0.6 is 0 Å². The quantitative estimate of drug-likeness (QED) is 0.609. The Balaban J connectivity index is 0.000000461. The molecule has 68 valence electrons. The van der Waals surface area contributed by atoms with E-state index in [0.717, 1.165) is 12.8 Å². The normalized spacial score (nSPS) is 30.5. The van der Waals surface area contributed by atoms with Gasteiger partial charge in [0.15, 0.2) is 0 Å². The number of nitrogens with two attached hydrogens (primary N) is 1. The zero-order valence-corrected chi connectivity index (χ0v) is 7.71. The highest BCUT2D eigenvalue weighted by Gasteiger charge is 2.19. The summed E-state index contributed by atoms with van der Waals surface area (Å²) in [7, 11) is 0. The first kappa shape index (κ1) is 10.9. The predicted molar refractivity (Wildman–Crippen MR) is 48.4 cm³/mol. The molecule has 0 spiro atoms. The Bertz CT molecular complexity index is 85.6. The van der Waals surface area contributed by atoms with Gasteiger partial charge >= 0.3 is 0 Å². The predicted octanol–water partition coefficient (Wildman–Crippen LogP) is 1.52. The third-order valence-electron chi connectivity index (χ3n) is 2.20. The molecule has 0 radical (unpaired) electrons. The number of aliphatic hydroxyl groups excluding tert-OH is 1. The molecule has 2 heteroatoms. The lowest BCUT2D eigenvalue weighted by Gasteiger charge is -2.26. The monoisotopic (exact) mass is 159 g/mol. The van der Waals surface area contributed by atoms with E-state index in [2.05, 4.69) is 0 Å². The minimum atomic E-state index is 0.267. The van der Waals surface area contributed by atoms with Gasteiger partial charge < -0.3 is 10.8 Å². The molecule has 2 atom stereocenters. The molecular formula is C9H21NO. The van der Waals surface area contributed by atoms with Gasteiger partial charge in [-0.15, -0.1) is 0 Å². The van der Waals surface area contributed by atoms with Crippen molar-refractivity contribution in [1.29, 1.82) is 0 Å². The molecule has 1 rings (SSSR count). The Labute approximate surface area is 69.8 Å². The summed E-state index contributed by atoms with van der Waals surface area (Å²) >= 11 is 0. The first-order valence-corrected chi connectivity index (χ1v) is 4.71. The summed E-state index contributed by atoms with van der Waals surface area (Å²) in [6.07, 6.45) is 4.72. The average Bonchev–Trinajstić information content (AvgIpc) is 2.09. The molecule has 0 aromatic heterocycles. The van der Waals surface area contributed by atoms with Gasteiger partial charge in [0.05, 0.1) is 0 Å². The molecule has 0 bridgehead atoms. The lowest BCUT2D eigenvalue weighted by molar-refractivity contribution is 0.171. The topological polar surface area (TPSA) is 46.2 Å². The number of hydrogen-bond donors (Lipinski definition) is 2. The second-order valence-electron chi connectivity index (χ2n) is 2.89. The van der Waals surface area contributed by atoms with Crippen molar-refractivity contribution in [2.75, 3.05) is 6.61 Å². The molecule has 11 heavy (non-hydrogen) atoms.